The van der Waals surface area contributed by atoms with E-state index in [4.69, 9.17) is 11.6 Å². The lowest BCUT2D eigenvalue weighted by Gasteiger charge is -2.14. The molecule has 102 valence electrons. The zero-order valence-corrected chi connectivity index (χ0v) is 12.4. The van der Waals surface area contributed by atoms with E-state index in [-0.39, 0.29) is 0 Å². The van der Waals surface area contributed by atoms with Crippen molar-refractivity contribution in [2.24, 2.45) is 5.92 Å². The van der Waals surface area contributed by atoms with Gasteiger partial charge >= 0.3 is 0 Å². The van der Waals surface area contributed by atoms with Crippen LogP contribution in [0, 0.1) is 12.8 Å². The van der Waals surface area contributed by atoms with Crippen LogP contribution in [-0.4, -0.2) is 15.7 Å². The Morgan fingerprint density at radius 2 is 1.95 bits per heavy atom. The summed E-state index contributed by atoms with van der Waals surface area (Å²) in [4.78, 5) is 0. The van der Waals surface area contributed by atoms with Gasteiger partial charge in [0.15, 0.2) is 0 Å². The first kappa shape index (κ1) is 14.1. The molecule has 0 N–H and O–H groups in total. The molecule has 0 bridgehead atoms. The third-order valence-electron chi connectivity index (χ3n) is 3.37. The van der Waals surface area contributed by atoms with Crippen LogP contribution >= 0.6 is 11.6 Å². The van der Waals surface area contributed by atoms with Gasteiger partial charge in [-0.1, -0.05) is 30.3 Å². The quantitative estimate of drug-likeness (QED) is 0.733. The molecule has 0 aliphatic carbocycles. The molecule has 0 aliphatic rings. The van der Waals surface area contributed by atoms with Crippen LogP contribution in [0.15, 0.2) is 36.4 Å². The highest BCUT2D eigenvalue weighted by Crippen LogP contribution is 2.17. The maximum absolute atomic E-state index is 6.14. The molecule has 1 aromatic heterocycles. The third-order valence-corrected chi connectivity index (χ3v) is 3.80. The topological polar surface area (TPSA) is 17.8 Å². The lowest BCUT2D eigenvalue weighted by atomic mass is 9.96. The lowest BCUT2D eigenvalue weighted by Crippen LogP contribution is -2.13. The summed E-state index contributed by atoms with van der Waals surface area (Å²) in [5.41, 5.74) is 3.74. The molecule has 0 fully saturated rings. The maximum Gasteiger partial charge on any atom is 0.0596 e. The van der Waals surface area contributed by atoms with E-state index in [1.807, 2.05) is 6.92 Å². The van der Waals surface area contributed by atoms with Gasteiger partial charge in [-0.15, -0.1) is 11.6 Å². The third kappa shape index (κ3) is 3.84. The summed E-state index contributed by atoms with van der Waals surface area (Å²) in [5, 5.41) is 4.50. The minimum atomic E-state index is 0.463. The van der Waals surface area contributed by atoms with E-state index in [1.165, 1.54) is 11.3 Å². The molecule has 0 amide bonds. The summed E-state index contributed by atoms with van der Waals surface area (Å²) in [6.45, 7) is 5.09. The number of benzene rings is 1. The van der Waals surface area contributed by atoms with Gasteiger partial charge in [0.05, 0.1) is 5.69 Å². The molecule has 1 atom stereocenters. The molecule has 1 unspecified atom stereocenters. The summed E-state index contributed by atoms with van der Waals surface area (Å²) < 4.78 is 2.08. The lowest BCUT2D eigenvalue weighted by molar-refractivity contribution is 0.531. The number of aryl methyl sites for hydroxylation is 2. The van der Waals surface area contributed by atoms with E-state index in [2.05, 4.69) is 53.1 Å². The molecule has 0 saturated heterocycles. The van der Waals surface area contributed by atoms with Crippen LogP contribution in [0.3, 0.4) is 0 Å². The fourth-order valence-corrected chi connectivity index (χ4v) is 2.68. The molecule has 2 aromatic rings. The molecule has 2 nitrogen and oxygen atoms in total. The van der Waals surface area contributed by atoms with Crippen LogP contribution in [-0.2, 0) is 19.4 Å². The van der Waals surface area contributed by atoms with E-state index < -0.39 is 0 Å². The average Bonchev–Trinajstić information content (AvgIpc) is 2.79. The molecule has 1 aromatic carbocycles. The first-order chi connectivity index (χ1) is 9.22. The van der Waals surface area contributed by atoms with E-state index in [9.17, 15) is 0 Å². The Labute approximate surface area is 120 Å². The summed E-state index contributed by atoms with van der Waals surface area (Å²) in [5.74, 6) is 1.15. The van der Waals surface area contributed by atoms with Crippen molar-refractivity contribution < 1.29 is 0 Å². The molecule has 19 heavy (non-hydrogen) atoms. The van der Waals surface area contributed by atoms with Crippen molar-refractivity contribution in [3.63, 3.8) is 0 Å². The minimum absolute atomic E-state index is 0.463. The van der Waals surface area contributed by atoms with Crippen LogP contribution < -0.4 is 0 Å². The number of hydrogen-bond donors (Lipinski definition) is 0. The predicted molar refractivity (Wildman–Crippen MR) is 80.7 cm³/mol. The average molecular weight is 277 g/mol. The summed E-state index contributed by atoms with van der Waals surface area (Å²) in [6.07, 6.45) is 2.02. The number of alkyl halides is 1. The zero-order chi connectivity index (χ0) is 13.7. The Morgan fingerprint density at radius 1 is 1.21 bits per heavy atom. The minimum Gasteiger partial charge on any atom is -0.270 e. The number of nitrogens with zero attached hydrogens (tertiary/aromatic N) is 2. The van der Waals surface area contributed by atoms with Crippen molar-refractivity contribution in [2.75, 3.05) is 5.88 Å². The fraction of sp³-hybridized carbons (Fsp3) is 0.438. The van der Waals surface area contributed by atoms with Gasteiger partial charge in [0.25, 0.3) is 0 Å². The van der Waals surface area contributed by atoms with Gasteiger partial charge in [0.1, 0.15) is 0 Å². The van der Waals surface area contributed by atoms with Crippen molar-refractivity contribution in [2.45, 2.75) is 33.2 Å². The molecular weight excluding hydrogens is 256 g/mol. The van der Waals surface area contributed by atoms with Crippen molar-refractivity contribution in [1.29, 1.82) is 0 Å². The van der Waals surface area contributed by atoms with Crippen molar-refractivity contribution >= 4 is 11.6 Å². The molecule has 2 rings (SSSR count). The molecule has 1 heterocycles. The van der Waals surface area contributed by atoms with Crippen LogP contribution in [0.5, 0.6) is 0 Å². The van der Waals surface area contributed by atoms with Gasteiger partial charge in [0, 0.05) is 18.1 Å². The van der Waals surface area contributed by atoms with Gasteiger partial charge in [-0.05, 0) is 44.2 Å². The maximum atomic E-state index is 6.14. The highest BCUT2D eigenvalue weighted by molar-refractivity contribution is 6.18. The standard InChI is InChI=1S/C16H21ClN2/c1-3-19-16(9-13(2)18-19)11-15(12-17)10-14-7-5-4-6-8-14/h4-9,15H,3,10-12H2,1-2H3. The van der Waals surface area contributed by atoms with Crippen LogP contribution in [0.1, 0.15) is 23.9 Å². The van der Waals surface area contributed by atoms with Gasteiger partial charge in [-0.2, -0.15) is 5.10 Å². The van der Waals surface area contributed by atoms with Crippen molar-refractivity contribution in [3.05, 3.63) is 53.3 Å². The smallest absolute Gasteiger partial charge is 0.0596 e. The zero-order valence-electron chi connectivity index (χ0n) is 11.6. The Bertz CT molecular complexity index is 505. The first-order valence-corrected chi connectivity index (χ1v) is 7.39. The van der Waals surface area contributed by atoms with E-state index in [0.717, 1.165) is 25.1 Å². The predicted octanol–water partition coefficient (Wildman–Crippen LogP) is 3.85. The fourth-order valence-electron chi connectivity index (χ4n) is 2.46. The normalized spacial score (nSPS) is 12.6. The van der Waals surface area contributed by atoms with Crippen LogP contribution in [0.4, 0.5) is 0 Å². The molecule has 0 aliphatic heterocycles. The highest BCUT2D eigenvalue weighted by Gasteiger charge is 2.13. The van der Waals surface area contributed by atoms with Gasteiger partial charge in [0.2, 0.25) is 0 Å². The second-order valence-corrected chi connectivity index (χ2v) is 5.32. The molecule has 3 heteroatoms. The van der Waals surface area contributed by atoms with Crippen molar-refractivity contribution in [3.8, 4) is 0 Å². The van der Waals surface area contributed by atoms with Crippen molar-refractivity contribution in [1.82, 2.24) is 9.78 Å². The number of aromatic nitrogens is 2. The van der Waals surface area contributed by atoms with Gasteiger partial charge < -0.3 is 0 Å². The van der Waals surface area contributed by atoms with E-state index in [0.29, 0.717) is 11.8 Å². The molecule has 0 saturated carbocycles. The second kappa shape index (κ2) is 6.76. The monoisotopic (exact) mass is 276 g/mol. The number of hydrogen-bond acceptors (Lipinski definition) is 1. The first-order valence-electron chi connectivity index (χ1n) is 6.86. The van der Waals surface area contributed by atoms with Crippen LogP contribution in [0.25, 0.3) is 0 Å². The highest BCUT2D eigenvalue weighted by atomic mass is 35.5. The second-order valence-electron chi connectivity index (χ2n) is 5.01. The summed E-state index contributed by atoms with van der Waals surface area (Å²) >= 11 is 6.14. The van der Waals surface area contributed by atoms with E-state index in [1.54, 1.807) is 0 Å². The van der Waals surface area contributed by atoms with Gasteiger partial charge in [-0.25, -0.2) is 0 Å². The molecule has 0 radical (unpaired) electrons. The Morgan fingerprint density at radius 3 is 2.58 bits per heavy atom. The number of rotatable bonds is 6. The SMILES string of the molecule is CCn1nc(C)cc1CC(CCl)Cc1ccccc1. The Balaban J connectivity index is 2.06. The number of halogens is 1. The molecular formula is C16H21ClN2. The molecule has 0 spiro atoms. The van der Waals surface area contributed by atoms with Gasteiger partial charge in [-0.3, -0.25) is 4.68 Å². The van der Waals surface area contributed by atoms with Crippen LogP contribution in [0.2, 0.25) is 0 Å². The Kier molecular flexibility index (Phi) is 5.03. The summed E-state index contributed by atoms with van der Waals surface area (Å²) in [7, 11) is 0. The summed E-state index contributed by atoms with van der Waals surface area (Å²) in [6, 6.07) is 12.7. The van der Waals surface area contributed by atoms with E-state index >= 15 is 0 Å². The Hall–Kier alpha value is -1.28. The largest absolute Gasteiger partial charge is 0.270 e.